The van der Waals surface area contributed by atoms with Crippen molar-refractivity contribution < 1.29 is 0 Å². The van der Waals surface area contributed by atoms with Gasteiger partial charge in [0.2, 0.25) is 0 Å². The molecule has 0 aliphatic carbocycles. The van der Waals surface area contributed by atoms with E-state index >= 15 is 0 Å². The highest BCUT2D eigenvalue weighted by Crippen LogP contribution is 2.32. The molecule has 0 aliphatic heterocycles. The van der Waals surface area contributed by atoms with E-state index in [9.17, 15) is 15.8 Å². The summed E-state index contributed by atoms with van der Waals surface area (Å²) >= 11 is 0. The third-order valence-corrected chi connectivity index (χ3v) is 3.89. The molecule has 134 valence electrons. The van der Waals surface area contributed by atoms with Gasteiger partial charge in [0.25, 0.3) is 0 Å². The van der Waals surface area contributed by atoms with Crippen LogP contribution < -0.4 is 0 Å². The van der Waals surface area contributed by atoms with Gasteiger partial charge < -0.3 is 0 Å². The fourth-order valence-corrected chi connectivity index (χ4v) is 2.50. The van der Waals surface area contributed by atoms with Crippen molar-refractivity contribution in [1.29, 1.82) is 31.6 Å². The molecule has 0 amide bonds. The normalized spacial score (nSPS) is 13.1. The Morgan fingerprint density at radius 2 is 1.63 bits per heavy atom. The molecule has 0 saturated carbocycles. The van der Waals surface area contributed by atoms with Crippen LogP contribution in [0.1, 0.15) is 46.0 Å². The predicted octanol–water partition coefficient (Wildman–Crippen LogP) is 4.50. The molecule has 0 aromatic heterocycles. The van der Waals surface area contributed by atoms with Gasteiger partial charge in [0.1, 0.15) is 12.1 Å². The first-order valence-corrected chi connectivity index (χ1v) is 8.35. The molecule has 0 heterocycles. The molecule has 27 heavy (non-hydrogen) atoms. The molecule has 0 bridgehead atoms. The lowest BCUT2D eigenvalue weighted by atomic mass is 9.82. The number of hydrogen-bond acceptors (Lipinski definition) is 6. The van der Waals surface area contributed by atoms with Crippen LogP contribution in [0, 0.1) is 79.3 Å². The van der Waals surface area contributed by atoms with Gasteiger partial charge in [-0.15, -0.1) is 0 Å². The molecule has 1 unspecified atom stereocenters. The lowest BCUT2D eigenvalue weighted by molar-refractivity contribution is 0.443. The van der Waals surface area contributed by atoms with Crippen LogP contribution in [0.2, 0.25) is 0 Å². The van der Waals surface area contributed by atoms with Crippen LogP contribution in [0.25, 0.3) is 0 Å². The lowest BCUT2D eigenvalue weighted by Crippen LogP contribution is -2.11. The van der Waals surface area contributed by atoms with Crippen molar-refractivity contribution in [2.24, 2.45) is 11.3 Å². The van der Waals surface area contributed by atoms with Crippen molar-refractivity contribution in [3.8, 4) is 36.4 Å². The van der Waals surface area contributed by atoms with Crippen LogP contribution >= 0.6 is 0 Å². The molecule has 0 spiro atoms. The Morgan fingerprint density at radius 3 is 2.11 bits per heavy atom. The van der Waals surface area contributed by atoms with Gasteiger partial charge in [0.15, 0.2) is 0 Å². The summed E-state index contributed by atoms with van der Waals surface area (Å²) in [5.74, 6) is -0.712. The molecule has 0 rings (SSSR count). The molecular weight excluding hydrogens is 336 g/mol. The van der Waals surface area contributed by atoms with E-state index in [1.54, 1.807) is 6.08 Å². The summed E-state index contributed by atoms with van der Waals surface area (Å²) in [6, 6.07) is 12.0. The Labute approximate surface area is 160 Å². The summed E-state index contributed by atoms with van der Waals surface area (Å²) in [7, 11) is 0. The molecule has 0 N–H and O–H groups in total. The van der Waals surface area contributed by atoms with Crippen molar-refractivity contribution in [2.75, 3.05) is 0 Å². The number of rotatable bonds is 9. The highest BCUT2D eigenvalue weighted by Gasteiger charge is 2.23. The molecule has 6 nitrogen and oxygen atoms in total. The number of allylic oxidation sites excluding steroid dienone is 6. The molecule has 0 aromatic rings. The standard InChI is InChI=1S/C21H20N6/c1-21(2,9-6-12-24)13-18(15-26)20(16-27)19(8-5-11-23)17(14-25)7-3-4-10-22/h3-4,13,17H,5-9H2,1-2H3. The van der Waals surface area contributed by atoms with Gasteiger partial charge in [-0.2, -0.15) is 31.6 Å². The van der Waals surface area contributed by atoms with E-state index in [2.05, 4.69) is 12.1 Å². The SMILES string of the molecule is CC(C)(C=C(C#N)C(C#N)=C(CCC#N)C(C#N)CC=CC#N)CCC#N. The monoisotopic (exact) mass is 356 g/mol. The maximum absolute atomic E-state index is 9.67. The number of nitriles is 6. The van der Waals surface area contributed by atoms with E-state index in [4.69, 9.17) is 15.8 Å². The Morgan fingerprint density at radius 1 is 0.963 bits per heavy atom. The summed E-state index contributed by atoms with van der Waals surface area (Å²) in [4.78, 5) is 0. The minimum Gasteiger partial charge on any atom is -0.198 e. The molecule has 0 radical (unpaired) electrons. The third-order valence-electron chi connectivity index (χ3n) is 3.89. The molecule has 6 heteroatoms. The summed E-state index contributed by atoms with van der Waals surface area (Å²) in [5, 5.41) is 55.1. The van der Waals surface area contributed by atoms with Gasteiger partial charge in [-0.25, -0.2) is 0 Å². The van der Waals surface area contributed by atoms with Crippen LogP contribution in [0.15, 0.2) is 34.9 Å². The van der Waals surface area contributed by atoms with Crippen LogP contribution in [-0.2, 0) is 0 Å². The topological polar surface area (TPSA) is 143 Å². The van der Waals surface area contributed by atoms with E-state index in [1.165, 1.54) is 12.2 Å². The second-order valence-corrected chi connectivity index (χ2v) is 6.44. The van der Waals surface area contributed by atoms with Crippen LogP contribution in [0.4, 0.5) is 0 Å². The zero-order chi connectivity index (χ0) is 20.7. The molecule has 1 atom stereocenters. The van der Waals surface area contributed by atoms with E-state index in [-0.39, 0.29) is 30.4 Å². The Balaban J connectivity index is 6.30. The third kappa shape index (κ3) is 8.19. The Kier molecular flexibility index (Phi) is 10.7. The molecule has 0 fully saturated rings. The summed E-state index contributed by atoms with van der Waals surface area (Å²) in [5.41, 5.74) is 0.173. The smallest absolute Gasteiger partial charge is 0.100 e. The second kappa shape index (κ2) is 12.5. The average molecular weight is 356 g/mol. The van der Waals surface area contributed by atoms with E-state index in [0.29, 0.717) is 18.4 Å². The van der Waals surface area contributed by atoms with Gasteiger partial charge >= 0.3 is 0 Å². The Hall–Kier alpha value is -3.84. The quantitative estimate of drug-likeness (QED) is 0.439. The van der Waals surface area contributed by atoms with Crippen molar-refractivity contribution in [2.45, 2.75) is 46.0 Å². The average Bonchev–Trinajstić information content (AvgIpc) is 2.66. The van der Waals surface area contributed by atoms with Crippen LogP contribution in [0.5, 0.6) is 0 Å². The maximum Gasteiger partial charge on any atom is 0.100 e. The number of nitrogens with zero attached hydrogens (tertiary/aromatic N) is 6. The minimum absolute atomic E-state index is 0.0923. The van der Waals surface area contributed by atoms with Crippen LogP contribution in [-0.4, -0.2) is 0 Å². The van der Waals surface area contributed by atoms with Crippen molar-refractivity contribution in [1.82, 2.24) is 0 Å². The second-order valence-electron chi connectivity index (χ2n) is 6.44. The van der Waals surface area contributed by atoms with Gasteiger partial charge in [-0.1, -0.05) is 26.0 Å². The highest BCUT2D eigenvalue weighted by molar-refractivity contribution is 5.54. The number of hydrogen-bond donors (Lipinski definition) is 0. The zero-order valence-corrected chi connectivity index (χ0v) is 15.5. The molecule has 0 aromatic carbocycles. The van der Waals surface area contributed by atoms with Crippen molar-refractivity contribution in [3.05, 3.63) is 34.9 Å². The molecule has 0 aliphatic rings. The van der Waals surface area contributed by atoms with E-state index in [0.717, 1.165) is 0 Å². The fraction of sp³-hybridized carbons (Fsp3) is 0.429. The van der Waals surface area contributed by atoms with Crippen molar-refractivity contribution >= 4 is 0 Å². The first kappa shape index (κ1) is 23.2. The molecule has 0 saturated heterocycles. The van der Waals surface area contributed by atoms with E-state index in [1.807, 2.05) is 38.1 Å². The van der Waals surface area contributed by atoms with Gasteiger partial charge in [0, 0.05) is 18.9 Å². The predicted molar refractivity (Wildman–Crippen MR) is 98.3 cm³/mol. The highest BCUT2D eigenvalue weighted by atomic mass is 14.4. The fourth-order valence-electron chi connectivity index (χ4n) is 2.50. The summed E-state index contributed by atoms with van der Waals surface area (Å²) < 4.78 is 0. The first-order valence-electron chi connectivity index (χ1n) is 8.35. The van der Waals surface area contributed by atoms with Gasteiger partial charge in [0.05, 0.1) is 41.3 Å². The van der Waals surface area contributed by atoms with Crippen LogP contribution in [0.3, 0.4) is 0 Å². The van der Waals surface area contributed by atoms with Gasteiger partial charge in [-0.05, 0) is 30.3 Å². The van der Waals surface area contributed by atoms with E-state index < -0.39 is 11.3 Å². The first-order chi connectivity index (χ1) is 12.9. The Bertz CT molecular complexity index is 861. The zero-order valence-electron chi connectivity index (χ0n) is 15.5. The molecular formula is C21H20N6. The summed E-state index contributed by atoms with van der Waals surface area (Å²) in [6.45, 7) is 3.73. The maximum atomic E-state index is 9.67. The van der Waals surface area contributed by atoms with Crippen molar-refractivity contribution in [3.63, 3.8) is 0 Å². The summed E-state index contributed by atoms with van der Waals surface area (Å²) in [6.07, 6.45) is 5.78. The largest absolute Gasteiger partial charge is 0.198 e. The minimum atomic E-state index is -0.712. The van der Waals surface area contributed by atoms with Gasteiger partial charge in [-0.3, -0.25) is 0 Å². The lowest BCUT2D eigenvalue weighted by Gasteiger charge is -2.20.